The van der Waals surface area contributed by atoms with Crippen LogP contribution in [0.2, 0.25) is 0 Å². The average Bonchev–Trinajstić information content (AvgIpc) is 2.48. The fraction of sp³-hybridized carbons (Fsp3) is 0.375. The first-order valence-corrected chi connectivity index (χ1v) is 6.98. The van der Waals surface area contributed by atoms with E-state index in [9.17, 15) is 9.59 Å². The summed E-state index contributed by atoms with van der Waals surface area (Å²) in [5, 5.41) is 2.91. The van der Waals surface area contributed by atoms with Gasteiger partial charge in [0.25, 0.3) is 0 Å². The van der Waals surface area contributed by atoms with Crippen LogP contribution in [0.3, 0.4) is 0 Å². The zero-order chi connectivity index (χ0) is 13.9. The van der Waals surface area contributed by atoms with Gasteiger partial charge in [0.05, 0.1) is 5.56 Å². The summed E-state index contributed by atoms with van der Waals surface area (Å²) < 4.78 is 5.56. The molecule has 1 amide bonds. The molecular weight excluding hydrogens is 254 g/mol. The molecule has 0 radical (unpaired) electrons. The summed E-state index contributed by atoms with van der Waals surface area (Å²) in [6, 6.07) is 9.04. The summed E-state index contributed by atoms with van der Waals surface area (Å²) in [5.41, 5.74) is 1.59. The van der Waals surface area contributed by atoms with E-state index >= 15 is 0 Å². The Kier molecular flexibility index (Phi) is 3.54. The monoisotopic (exact) mass is 271 g/mol. The molecule has 3 rings (SSSR count). The van der Waals surface area contributed by atoms with E-state index in [-0.39, 0.29) is 18.0 Å². The Labute approximate surface area is 117 Å². The van der Waals surface area contributed by atoms with Crippen LogP contribution < -0.4 is 5.32 Å². The molecule has 104 valence electrons. The first-order valence-electron chi connectivity index (χ1n) is 6.98. The van der Waals surface area contributed by atoms with Crippen molar-refractivity contribution in [3.63, 3.8) is 0 Å². The molecule has 1 aromatic carbocycles. The Bertz CT molecular complexity index is 550. The lowest BCUT2D eigenvalue weighted by Gasteiger charge is -2.32. The number of allylic oxidation sites excluding steroid dienone is 1. The molecule has 0 bridgehead atoms. The highest BCUT2D eigenvalue weighted by Crippen LogP contribution is 2.31. The second-order valence-electron chi connectivity index (χ2n) is 5.31. The molecule has 1 aliphatic carbocycles. The summed E-state index contributed by atoms with van der Waals surface area (Å²) in [6.45, 7) is 0. The Hall–Kier alpha value is -2.10. The van der Waals surface area contributed by atoms with Crippen molar-refractivity contribution in [2.75, 3.05) is 0 Å². The van der Waals surface area contributed by atoms with Crippen LogP contribution in [0.1, 0.15) is 36.0 Å². The van der Waals surface area contributed by atoms with Gasteiger partial charge >= 0.3 is 5.97 Å². The third-order valence-electron chi connectivity index (χ3n) is 3.87. The highest BCUT2D eigenvalue weighted by Gasteiger charge is 2.30. The van der Waals surface area contributed by atoms with E-state index in [4.69, 9.17) is 4.74 Å². The van der Waals surface area contributed by atoms with Crippen LogP contribution in [0, 0.1) is 5.92 Å². The van der Waals surface area contributed by atoms with Gasteiger partial charge < -0.3 is 10.1 Å². The molecular formula is C16H17NO3. The van der Waals surface area contributed by atoms with Gasteiger partial charge in [-0.25, -0.2) is 4.79 Å². The SMILES string of the molecule is O=C1CC[C@@H]2C[C@@H](OC(=O)c3ccccc3)CC=C2N1. The van der Waals surface area contributed by atoms with Crippen molar-refractivity contribution in [1.29, 1.82) is 0 Å². The van der Waals surface area contributed by atoms with Crippen molar-refractivity contribution in [3.8, 4) is 0 Å². The van der Waals surface area contributed by atoms with Crippen molar-refractivity contribution in [2.45, 2.75) is 31.8 Å². The quantitative estimate of drug-likeness (QED) is 0.840. The van der Waals surface area contributed by atoms with Gasteiger partial charge in [-0.3, -0.25) is 4.79 Å². The smallest absolute Gasteiger partial charge is 0.338 e. The molecule has 0 unspecified atom stereocenters. The molecule has 2 atom stereocenters. The molecule has 1 heterocycles. The molecule has 1 aromatic rings. The van der Waals surface area contributed by atoms with Crippen LogP contribution >= 0.6 is 0 Å². The van der Waals surface area contributed by atoms with Crippen LogP contribution in [0.25, 0.3) is 0 Å². The lowest BCUT2D eigenvalue weighted by molar-refractivity contribution is -0.122. The number of hydrogen-bond acceptors (Lipinski definition) is 3. The van der Waals surface area contributed by atoms with Crippen LogP contribution in [0.15, 0.2) is 42.1 Å². The zero-order valence-electron chi connectivity index (χ0n) is 11.2. The Balaban J connectivity index is 1.63. The third kappa shape index (κ3) is 2.74. The highest BCUT2D eigenvalue weighted by molar-refractivity contribution is 5.89. The van der Waals surface area contributed by atoms with Crippen LogP contribution in [-0.4, -0.2) is 18.0 Å². The number of rotatable bonds is 2. The van der Waals surface area contributed by atoms with Gasteiger partial charge in [-0.2, -0.15) is 0 Å². The topological polar surface area (TPSA) is 55.4 Å². The Morgan fingerprint density at radius 2 is 2.05 bits per heavy atom. The van der Waals surface area contributed by atoms with E-state index in [1.54, 1.807) is 12.1 Å². The molecule has 1 N–H and O–H groups in total. The van der Waals surface area contributed by atoms with Crippen molar-refractivity contribution in [2.24, 2.45) is 5.92 Å². The summed E-state index contributed by atoms with van der Waals surface area (Å²) in [6.07, 6.45) is 4.77. The number of carbonyl (C=O) groups is 2. The fourth-order valence-corrected chi connectivity index (χ4v) is 2.81. The van der Waals surface area contributed by atoms with E-state index in [1.807, 2.05) is 24.3 Å². The maximum atomic E-state index is 12.0. The fourth-order valence-electron chi connectivity index (χ4n) is 2.81. The van der Waals surface area contributed by atoms with Crippen molar-refractivity contribution >= 4 is 11.9 Å². The summed E-state index contributed by atoms with van der Waals surface area (Å²) in [7, 11) is 0. The van der Waals surface area contributed by atoms with Gasteiger partial charge in [-0.1, -0.05) is 24.3 Å². The number of nitrogens with one attached hydrogen (secondary N) is 1. The first kappa shape index (κ1) is 12.9. The molecule has 1 aliphatic heterocycles. The summed E-state index contributed by atoms with van der Waals surface area (Å²) in [4.78, 5) is 23.3. The predicted molar refractivity (Wildman–Crippen MR) is 73.8 cm³/mol. The maximum absolute atomic E-state index is 12.0. The average molecular weight is 271 g/mol. The second kappa shape index (κ2) is 5.49. The van der Waals surface area contributed by atoms with E-state index in [2.05, 4.69) is 5.32 Å². The molecule has 2 aliphatic rings. The van der Waals surface area contributed by atoms with Crippen molar-refractivity contribution in [3.05, 3.63) is 47.7 Å². The molecule has 4 nitrogen and oxygen atoms in total. The van der Waals surface area contributed by atoms with Gasteiger partial charge in [-0.15, -0.1) is 0 Å². The van der Waals surface area contributed by atoms with Gasteiger partial charge in [0.1, 0.15) is 6.10 Å². The number of ether oxygens (including phenoxy) is 1. The Morgan fingerprint density at radius 1 is 1.25 bits per heavy atom. The molecule has 4 heteroatoms. The molecule has 1 fully saturated rings. The van der Waals surface area contributed by atoms with Crippen molar-refractivity contribution < 1.29 is 14.3 Å². The minimum Gasteiger partial charge on any atom is -0.458 e. The second-order valence-corrected chi connectivity index (χ2v) is 5.31. The maximum Gasteiger partial charge on any atom is 0.338 e. The van der Waals surface area contributed by atoms with Crippen LogP contribution in [0.5, 0.6) is 0 Å². The number of piperidine rings is 1. The number of esters is 1. The van der Waals surface area contributed by atoms with Crippen LogP contribution in [0.4, 0.5) is 0 Å². The van der Waals surface area contributed by atoms with Gasteiger partial charge in [0.15, 0.2) is 0 Å². The molecule has 20 heavy (non-hydrogen) atoms. The number of fused-ring (bicyclic) bond motifs is 1. The first-order chi connectivity index (χ1) is 9.72. The third-order valence-corrected chi connectivity index (χ3v) is 3.87. The number of carbonyl (C=O) groups excluding carboxylic acids is 2. The number of hydrogen-bond donors (Lipinski definition) is 1. The van der Waals surface area contributed by atoms with Gasteiger partial charge in [0, 0.05) is 24.5 Å². The van der Waals surface area contributed by atoms with Gasteiger partial charge in [0.2, 0.25) is 5.91 Å². The molecule has 0 spiro atoms. The summed E-state index contributed by atoms with van der Waals surface area (Å²) in [5.74, 6) is 0.134. The lowest BCUT2D eigenvalue weighted by atomic mass is 9.84. The number of benzene rings is 1. The zero-order valence-corrected chi connectivity index (χ0v) is 11.2. The minimum absolute atomic E-state index is 0.0900. The number of amides is 1. The van der Waals surface area contributed by atoms with E-state index in [1.165, 1.54) is 0 Å². The summed E-state index contributed by atoms with van der Waals surface area (Å²) >= 11 is 0. The molecule has 0 aromatic heterocycles. The van der Waals surface area contributed by atoms with E-state index in [0.29, 0.717) is 24.3 Å². The lowest BCUT2D eigenvalue weighted by Crippen LogP contribution is -2.37. The van der Waals surface area contributed by atoms with Crippen molar-refractivity contribution in [1.82, 2.24) is 5.32 Å². The van der Waals surface area contributed by atoms with Gasteiger partial charge in [-0.05, 0) is 25.0 Å². The minimum atomic E-state index is -0.271. The predicted octanol–water partition coefficient (Wildman–Crippen LogP) is 2.42. The highest BCUT2D eigenvalue weighted by atomic mass is 16.5. The normalized spacial score (nSPS) is 25.2. The van der Waals surface area contributed by atoms with E-state index < -0.39 is 0 Å². The standard InChI is InChI=1S/C16H17NO3/c18-15-9-6-12-10-13(7-8-14(12)17-15)20-16(19)11-4-2-1-3-5-11/h1-5,8,12-13H,6-7,9-10H2,(H,17,18)/t12-,13+/m1/s1. The Morgan fingerprint density at radius 3 is 2.85 bits per heavy atom. The van der Waals surface area contributed by atoms with Crippen LogP contribution in [-0.2, 0) is 9.53 Å². The van der Waals surface area contributed by atoms with E-state index in [0.717, 1.165) is 18.5 Å². The molecule has 1 saturated heterocycles. The largest absolute Gasteiger partial charge is 0.458 e. The molecule has 0 saturated carbocycles.